The van der Waals surface area contributed by atoms with Gasteiger partial charge in [0.2, 0.25) is 0 Å². The fraction of sp³-hybridized carbons (Fsp3) is 0.188. The third-order valence-electron chi connectivity index (χ3n) is 2.82. The number of para-hydroxylation sites is 1. The zero-order valence-electron chi connectivity index (χ0n) is 12.1. The first-order valence-electron chi connectivity index (χ1n) is 6.75. The number of rotatable bonds is 6. The molecular weight excluding hydrogens is 304 g/mol. The second kappa shape index (κ2) is 8.14. The van der Waals surface area contributed by atoms with E-state index >= 15 is 0 Å². The summed E-state index contributed by atoms with van der Waals surface area (Å²) in [7, 11) is 1.55. The molecule has 0 aliphatic rings. The fourth-order valence-corrected chi connectivity index (χ4v) is 1.96. The van der Waals surface area contributed by atoms with Crippen LogP contribution in [0.1, 0.15) is 0 Å². The first kappa shape index (κ1) is 16.0. The maximum Gasteiger partial charge on any atom is 0.319 e. The molecule has 116 valence electrons. The van der Waals surface area contributed by atoms with E-state index < -0.39 is 0 Å². The molecule has 6 heteroatoms. The number of halogens is 1. The molecule has 2 aromatic rings. The molecule has 5 nitrogen and oxygen atoms in total. The summed E-state index contributed by atoms with van der Waals surface area (Å²) in [5, 5.41) is 5.77. The summed E-state index contributed by atoms with van der Waals surface area (Å²) in [6.45, 7) is 0.766. The fourth-order valence-electron chi connectivity index (χ4n) is 1.74. The Morgan fingerprint density at radius 2 is 1.91 bits per heavy atom. The Kier molecular flexibility index (Phi) is 5.91. The van der Waals surface area contributed by atoms with Gasteiger partial charge in [0.1, 0.15) is 18.1 Å². The maximum absolute atomic E-state index is 11.8. The van der Waals surface area contributed by atoms with Crippen molar-refractivity contribution in [1.29, 1.82) is 0 Å². The van der Waals surface area contributed by atoms with Gasteiger partial charge in [-0.05, 0) is 24.3 Å². The van der Waals surface area contributed by atoms with E-state index in [1.54, 1.807) is 25.3 Å². The van der Waals surface area contributed by atoms with E-state index in [1.807, 2.05) is 30.3 Å². The van der Waals surface area contributed by atoms with Crippen molar-refractivity contribution >= 4 is 23.3 Å². The van der Waals surface area contributed by atoms with Gasteiger partial charge in [-0.3, -0.25) is 0 Å². The Labute approximate surface area is 134 Å². The molecule has 2 amide bonds. The number of urea groups is 1. The highest BCUT2D eigenvalue weighted by molar-refractivity contribution is 6.33. The largest absolute Gasteiger partial charge is 0.497 e. The van der Waals surface area contributed by atoms with Crippen LogP contribution in [0.5, 0.6) is 11.5 Å². The first-order chi connectivity index (χ1) is 10.7. The molecule has 2 aromatic carbocycles. The van der Waals surface area contributed by atoms with E-state index in [-0.39, 0.29) is 6.03 Å². The van der Waals surface area contributed by atoms with Crippen molar-refractivity contribution in [2.24, 2.45) is 0 Å². The molecule has 0 fully saturated rings. The number of nitrogens with one attached hydrogen (secondary N) is 2. The Balaban J connectivity index is 1.74. The minimum absolute atomic E-state index is 0.344. The molecule has 0 unspecified atom stereocenters. The molecule has 0 bridgehead atoms. The van der Waals surface area contributed by atoms with Gasteiger partial charge >= 0.3 is 6.03 Å². The third kappa shape index (κ3) is 4.86. The van der Waals surface area contributed by atoms with E-state index in [2.05, 4.69) is 10.6 Å². The molecule has 22 heavy (non-hydrogen) atoms. The van der Waals surface area contributed by atoms with E-state index in [1.165, 1.54) is 0 Å². The molecule has 2 N–H and O–H groups in total. The number of hydrogen-bond donors (Lipinski definition) is 2. The van der Waals surface area contributed by atoms with Crippen molar-refractivity contribution in [2.75, 3.05) is 25.6 Å². The Morgan fingerprint density at radius 3 is 2.59 bits per heavy atom. The quantitative estimate of drug-likeness (QED) is 0.800. The highest BCUT2D eigenvalue weighted by Gasteiger charge is 2.06. The van der Waals surface area contributed by atoms with Crippen LogP contribution in [0.15, 0.2) is 48.5 Å². The van der Waals surface area contributed by atoms with Crippen molar-refractivity contribution in [3.05, 3.63) is 53.6 Å². The number of carbonyl (C=O) groups excluding carboxylic acids is 1. The maximum atomic E-state index is 11.8. The molecule has 0 atom stereocenters. The SMILES string of the molecule is COc1ccc(NC(=O)NCCOc2ccccc2)c(Cl)c1. The van der Waals surface area contributed by atoms with Crippen LogP contribution in [0.3, 0.4) is 0 Å². The third-order valence-corrected chi connectivity index (χ3v) is 3.14. The smallest absolute Gasteiger partial charge is 0.319 e. The van der Waals surface area contributed by atoms with Gasteiger partial charge in [0.15, 0.2) is 0 Å². The molecular formula is C16H17ClN2O3. The molecule has 0 heterocycles. The zero-order valence-corrected chi connectivity index (χ0v) is 12.9. The van der Waals surface area contributed by atoms with E-state index in [4.69, 9.17) is 21.1 Å². The van der Waals surface area contributed by atoms with Crippen LogP contribution in [0, 0.1) is 0 Å². The van der Waals surface area contributed by atoms with Gasteiger partial charge in [-0.25, -0.2) is 4.79 Å². The number of carbonyl (C=O) groups is 1. The van der Waals surface area contributed by atoms with Crippen molar-refractivity contribution in [2.45, 2.75) is 0 Å². The summed E-state index contributed by atoms with van der Waals surface area (Å²) in [5.41, 5.74) is 0.518. The minimum atomic E-state index is -0.344. The molecule has 0 aromatic heterocycles. The van der Waals surface area contributed by atoms with Crippen LogP contribution in [0.2, 0.25) is 5.02 Å². The Morgan fingerprint density at radius 1 is 1.14 bits per heavy atom. The lowest BCUT2D eigenvalue weighted by Gasteiger charge is -2.10. The van der Waals surface area contributed by atoms with Gasteiger partial charge in [-0.15, -0.1) is 0 Å². The number of amides is 2. The topological polar surface area (TPSA) is 59.6 Å². The second-order valence-electron chi connectivity index (χ2n) is 4.39. The molecule has 0 saturated heterocycles. The van der Waals surface area contributed by atoms with Crippen molar-refractivity contribution in [3.8, 4) is 11.5 Å². The molecule has 0 spiro atoms. The summed E-state index contributed by atoms with van der Waals surface area (Å²) in [6.07, 6.45) is 0. The molecule has 0 saturated carbocycles. The van der Waals surface area contributed by atoms with E-state index in [0.717, 1.165) is 5.75 Å². The van der Waals surface area contributed by atoms with Crippen LogP contribution < -0.4 is 20.1 Å². The van der Waals surface area contributed by atoms with Crippen molar-refractivity contribution in [1.82, 2.24) is 5.32 Å². The van der Waals surface area contributed by atoms with Crippen LogP contribution in [-0.2, 0) is 0 Å². The lowest BCUT2D eigenvalue weighted by Crippen LogP contribution is -2.32. The van der Waals surface area contributed by atoms with Crippen LogP contribution >= 0.6 is 11.6 Å². The predicted octanol–water partition coefficient (Wildman–Crippen LogP) is 3.55. The highest BCUT2D eigenvalue weighted by Crippen LogP contribution is 2.26. The van der Waals surface area contributed by atoms with Gasteiger partial charge in [0.05, 0.1) is 24.4 Å². The second-order valence-corrected chi connectivity index (χ2v) is 4.80. The van der Waals surface area contributed by atoms with Crippen molar-refractivity contribution < 1.29 is 14.3 Å². The lowest BCUT2D eigenvalue weighted by atomic mass is 10.3. The summed E-state index contributed by atoms with van der Waals surface area (Å²) >= 11 is 6.05. The van der Waals surface area contributed by atoms with E-state index in [9.17, 15) is 4.79 Å². The minimum Gasteiger partial charge on any atom is -0.497 e. The normalized spacial score (nSPS) is 9.91. The van der Waals surface area contributed by atoms with Gasteiger partial charge in [-0.2, -0.15) is 0 Å². The van der Waals surface area contributed by atoms with E-state index in [0.29, 0.717) is 29.6 Å². The zero-order chi connectivity index (χ0) is 15.8. The average molecular weight is 321 g/mol. The lowest BCUT2D eigenvalue weighted by molar-refractivity contribution is 0.247. The number of benzene rings is 2. The van der Waals surface area contributed by atoms with Gasteiger partial charge in [0.25, 0.3) is 0 Å². The average Bonchev–Trinajstić information content (AvgIpc) is 2.54. The predicted molar refractivity (Wildman–Crippen MR) is 87.0 cm³/mol. The van der Waals surface area contributed by atoms with Crippen LogP contribution in [0.25, 0.3) is 0 Å². The number of hydrogen-bond acceptors (Lipinski definition) is 3. The summed E-state index contributed by atoms with van der Waals surface area (Å²) in [5.74, 6) is 1.40. The number of anilines is 1. The van der Waals surface area contributed by atoms with Gasteiger partial charge in [-0.1, -0.05) is 29.8 Å². The summed E-state index contributed by atoms with van der Waals surface area (Å²) in [4.78, 5) is 11.8. The molecule has 0 aliphatic heterocycles. The number of ether oxygens (including phenoxy) is 2. The number of methoxy groups -OCH3 is 1. The Hall–Kier alpha value is -2.40. The Bertz CT molecular complexity index is 620. The van der Waals surface area contributed by atoms with Gasteiger partial charge < -0.3 is 20.1 Å². The standard InChI is InChI=1S/C16H17ClN2O3/c1-21-13-7-8-15(14(17)11-13)19-16(20)18-9-10-22-12-5-3-2-4-6-12/h2-8,11H,9-10H2,1H3,(H2,18,19,20). The van der Waals surface area contributed by atoms with Crippen LogP contribution in [0.4, 0.5) is 10.5 Å². The molecule has 0 aliphatic carbocycles. The summed E-state index contributed by atoms with van der Waals surface area (Å²) < 4.78 is 10.5. The van der Waals surface area contributed by atoms with Crippen LogP contribution in [-0.4, -0.2) is 26.3 Å². The molecule has 0 radical (unpaired) electrons. The van der Waals surface area contributed by atoms with Crippen molar-refractivity contribution in [3.63, 3.8) is 0 Å². The first-order valence-corrected chi connectivity index (χ1v) is 7.13. The summed E-state index contributed by atoms with van der Waals surface area (Å²) in [6, 6.07) is 14.1. The highest BCUT2D eigenvalue weighted by atomic mass is 35.5. The monoisotopic (exact) mass is 320 g/mol. The molecule has 2 rings (SSSR count). The van der Waals surface area contributed by atoms with Gasteiger partial charge in [0, 0.05) is 6.07 Å².